The Hall–Kier alpha value is -2.57. The normalized spacial score (nSPS) is 16.4. The first-order valence-corrected chi connectivity index (χ1v) is 8.99. The SMILES string of the molecule is C=c1[nH]cc(Cc2ccc(NCCN3CCOCC3)nc2)/c1=C/C=C\N. The van der Waals surface area contributed by atoms with Gasteiger partial charge in [0.1, 0.15) is 5.82 Å². The lowest BCUT2D eigenvalue weighted by Crippen LogP contribution is -2.39. The van der Waals surface area contributed by atoms with Crippen molar-refractivity contribution >= 4 is 18.5 Å². The Bertz CT molecular complexity index is 819. The van der Waals surface area contributed by atoms with E-state index in [1.54, 1.807) is 0 Å². The summed E-state index contributed by atoms with van der Waals surface area (Å²) in [5.74, 6) is 0.909. The molecule has 3 heterocycles. The first-order valence-electron chi connectivity index (χ1n) is 8.99. The summed E-state index contributed by atoms with van der Waals surface area (Å²) >= 11 is 0. The van der Waals surface area contributed by atoms with Crippen molar-refractivity contribution in [3.8, 4) is 0 Å². The Morgan fingerprint density at radius 3 is 2.92 bits per heavy atom. The maximum Gasteiger partial charge on any atom is 0.125 e. The Morgan fingerprint density at radius 2 is 2.19 bits per heavy atom. The number of hydrogen-bond donors (Lipinski definition) is 3. The molecule has 0 aromatic carbocycles. The van der Waals surface area contributed by atoms with Crippen LogP contribution in [0.5, 0.6) is 0 Å². The topological polar surface area (TPSA) is 79.2 Å². The van der Waals surface area contributed by atoms with Gasteiger partial charge in [-0.1, -0.05) is 18.7 Å². The number of H-pyrrole nitrogens is 1. The molecule has 0 aliphatic carbocycles. The summed E-state index contributed by atoms with van der Waals surface area (Å²) in [6, 6.07) is 4.15. The summed E-state index contributed by atoms with van der Waals surface area (Å²) < 4.78 is 5.37. The molecule has 4 N–H and O–H groups in total. The monoisotopic (exact) mass is 353 g/mol. The first-order chi connectivity index (χ1) is 12.8. The summed E-state index contributed by atoms with van der Waals surface area (Å²) in [5, 5.41) is 5.37. The van der Waals surface area contributed by atoms with Crippen LogP contribution in [0.15, 0.2) is 36.8 Å². The maximum absolute atomic E-state index is 5.43. The lowest BCUT2D eigenvalue weighted by atomic mass is 10.1. The number of nitrogens with zero attached hydrogens (tertiary/aromatic N) is 2. The lowest BCUT2D eigenvalue weighted by Gasteiger charge is -2.26. The van der Waals surface area contributed by atoms with Crippen molar-refractivity contribution in [1.82, 2.24) is 14.9 Å². The Kier molecular flexibility index (Phi) is 6.46. The van der Waals surface area contributed by atoms with E-state index in [9.17, 15) is 0 Å². The van der Waals surface area contributed by atoms with Gasteiger partial charge in [0.25, 0.3) is 0 Å². The molecule has 2 aromatic heterocycles. The van der Waals surface area contributed by atoms with Crippen LogP contribution in [0.4, 0.5) is 5.82 Å². The zero-order valence-electron chi connectivity index (χ0n) is 15.1. The molecule has 0 atom stereocenters. The van der Waals surface area contributed by atoms with Crippen molar-refractivity contribution in [2.45, 2.75) is 6.42 Å². The van der Waals surface area contributed by atoms with Gasteiger partial charge in [-0.3, -0.25) is 4.90 Å². The van der Waals surface area contributed by atoms with Crippen LogP contribution in [0.2, 0.25) is 0 Å². The predicted octanol–water partition coefficient (Wildman–Crippen LogP) is 0.408. The summed E-state index contributed by atoms with van der Waals surface area (Å²) in [6.45, 7) is 9.61. The minimum Gasteiger partial charge on any atom is -0.405 e. The second-order valence-corrected chi connectivity index (χ2v) is 6.37. The van der Waals surface area contributed by atoms with Gasteiger partial charge in [-0.2, -0.15) is 0 Å². The zero-order valence-corrected chi connectivity index (χ0v) is 15.1. The molecule has 26 heavy (non-hydrogen) atoms. The van der Waals surface area contributed by atoms with Crippen molar-refractivity contribution in [3.63, 3.8) is 0 Å². The van der Waals surface area contributed by atoms with Crippen LogP contribution < -0.4 is 21.6 Å². The number of allylic oxidation sites excluding steroid dienone is 1. The standard InChI is InChI=1S/C20H27N5O/c1-16-19(3-2-6-21)18(15-23-16)13-17-4-5-20(24-14-17)22-7-8-25-9-11-26-12-10-25/h2-6,14-15,23H,1,7-13,21H2,(H,22,24)/b6-2-,19-3+. The summed E-state index contributed by atoms with van der Waals surface area (Å²) in [4.78, 5) is 10.1. The number of pyridine rings is 1. The van der Waals surface area contributed by atoms with Crippen LogP contribution >= 0.6 is 0 Å². The highest BCUT2D eigenvalue weighted by Crippen LogP contribution is 2.08. The van der Waals surface area contributed by atoms with Crippen LogP contribution in [0.1, 0.15) is 11.1 Å². The number of aromatic nitrogens is 2. The van der Waals surface area contributed by atoms with E-state index in [-0.39, 0.29) is 0 Å². The number of nitrogens with two attached hydrogens (primary N) is 1. The van der Waals surface area contributed by atoms with E-state index in [1.165, 1.54) is 11.8 Å². The van der Waals surface area contributed by atoms with Gasteiger partial charge < -0.3 is 20.8 Å². The van der Waals surface area contributed by atoms with Crippen molar-refractivity contribution in [3.05, 3.63) is 58.5 Å². The number of ether oxygens (including phenoxy) is 1. The first kappa shape index (κ1) is 18.2. The molecular formula is C20H27N5O. The number of rotatable bonds is 7. The van der Waals surface area contributed by atoms with E-state index in [2.05, 4.69) is 32.8 Å². The molecule has 0 amide bonds. The number of hydrogen-bond acceptors (Lipinski definition) is 5. The minimum atomic E-state index is 0.803. The maximum atomic E-state index is 5.43. The molecule has 6 heteroatoms. The smallest absolute Gasteiger partial charge is 0.125 e. The second kappa shape index (κ2) is 9.22. The highest BCUT2D eigenvalue weighted by molar-refractivity contribution is 5.42. The summed E-state index contributed by atoms with van der Waals surface area (Å²) in [5.41, 5.74) is 7.78. The molecule has 3 rings (SSSR count). The average molecular weight is 353 g/mol. The number of anilines is 1. The van der Waals surface area contributed by atoms with E-state index in [0.29, 0.717) is 0 Å². The fourth-order valence-corrected chi connectivity index (χ4v) is 3.05. The number of aromatic amines is 1. The molecule has 1 saturated heterocycles. The fourth-order valence-electron chi connectivity index (χ4n) is 3.05. The molecule has 1 aliphatic heterocycles. The average Bonchev–Trinajstić information content (AvgIpc) is 3.02. The zero-order chi connectivity index (χ0) is 18.2. The number of nitrogens with one attached hydrogen (secondary N) is 2. The quantitative estimate of drug-likeness (QED) is 0.672. The van der Waals surface area contributed by atoms with E-state index in [0.717, 1.165) is 67.8 Å². The van der Waals surface area contributed by atoms with Gasteiger partial charge in [0.05, 0.1) is 13.2 Å². The Labute approximate surface area is 154 Å². The largest absolute Gasteiger partial charge is 0.405 e. The van der Waals surface area contributed by atoms with Gasteiger partial charge in [-0.25, -0.2) is 4.98 Å². The van der Waals surface area contributed by atoms with Gasteiger partial charge in [0.15, 0.2) is 0 Å². The minimum absolute atomic E-state index is 0.803. The van der Waals surface area contributed by atoms with Gasteiger partial charge in [-0.15, -0.1) is 0 Å². The lowest BCUT2D eigenvalue weighted by molar-refractivity contribution is 0.0398. The molecule has 1 aliphatic rings. The predicted molar refractivity (Wildman–Crippen MR) is 106 cm³/mol. The van der Waals surface area contributed by atoms with Gasteiger partial charge >= 0.3 is 0 Å². The van der Waals surface area contributed by atoms with Crippen LogP contribution in [0.3, 0.4) is 0 Å². The van der Waals surface area contributed by atoms with Crippen molar-refractivity contribution in [2.75, 3.05) is 44.7 Å². The molecule has 2 aromatic rings. The van der Waals surface area contributed by atoms with E-state index >= 15 is 0 Å². The van der Waals surface area contributed by atoms with Crippen LogP contribution in [-0.4, -0.2) is 54.3 Å². The third kappa shape index (κ3) is 4.97. The molecule has 6 nitrogen and oxygen atoms in total. The Morgan fingerprint density at radius 1 is 1.35 bits per heavy atom. The molecule has 1 fully saturated rings. The van der Waals surface area contributed by atoms with Gasteiger partial charge in [-0.05, 0) is 29.5 Å². The molecule has 0 unspecified atom stereocenters. The highest BCUT2D eigenvalue weighted by atomic mass is 16.5. The third-order valence-corrected chi connectivity index (χ3v) is 4.52. The highest BCUT2D eigenvalue weighted by Gasteiger charge is 2.09. The van der Waals surface area contributed by atoms with Crippen molar-refractivity contribution in [1.29, 1.82) is 0 Å². The molecule has 138 valence electrons. The molecule has 0 radical (unpaired) electrons. The third-order valence-electron chi connectivity index (χ3n) is 4.52. The van der Waals surface area contributed by atoms with E-state index in [4.69, 9.17) is 10.5 Å². The molecule has 0 spiro atoms. The summed E-state index contributed by atoms with van der Waals surface area (Å²) in [6.07, 6.45) is 10.0. The molecule has 0 saturated carbocycles. The fraction of sp³-hybridized carbons (Fsp3) is 0.350. The van der Waals surface area contributed by atoms with E-state index < -0.39 is 0 Å². The van der Waals surface area contributed by atoms with Gasteiger partial charge in [0, 0.05) is 55.6 Å². The van der Waals surface area contributed by atoms with Crippen LogP contribution in [-0.2, 0) is 11.2 Å². The van der Waals surface area contributed by atoms with Crippen LogP contribution in [0.25, 0.3) is 12.7 Å². The number of morpholine rings is 1. The molecule has 0 bridgehead atoms. The van der Waals surface area contributed by atoms with Crippen molar-refractivity contribution < 1.29 is 4.74 Å². The van der Waals surface area contributed by atoms with Gasteiger partial charge in [0.2, 0.25) is 0 Å². The van der Waals surface area contributed by atoms with Crippen LogP contribution in [0, 0.1) is 0 Å². The summed E-state index contributed by atoms with van der Waals surface area (Å²) in [7, 11) is 0. The molecular weight excluding hydrogens is 326 g/mol. The van der Waals surface area contributed by atoms with Crippen molar-refractivity contribution in [2.24, 2.45) is 5.73 Å². The van der Waals surface area contributed by atoms with E-state index in [1.807, 2.05) is 30.6 Å². The second-order valence-electron chi connectivity index (χ2n) is 6.37. The Balaban J connectivity index is 1.55.